The van der Waals surface area contributed by atoms with Gasteiger partial charge in [0.2, 0.25) is 5.91 Å². The highest BCUT2D eigenvalue weighted by Gasteiger charge is 2.35. The molecule has 27 heavy (non-hydrogen) atoms. The minimum atomic E-state index is -0.373. The highest BCUT2D eigenvalue weighted by Crippen LogP contribution is 2.39. The first-order valence-corrected chi connectivity index (χ1v) is 9.55. The van der Waals surface area contributed by atoms with Crippen molar-refractivity contribution >= 4 is 18.3 Å². The molecule has 5 nitrogen and oxygen atoms in total. The number of carbonyl (C=O) groups excluding carboxylic acids is 1. The minimum Gasteiger partial charge on any atom is -0.354 e. The Morgan fingerprint density at radius 2 is 2.04 bits per heavy atom. The maximum absolute atomic E-state index is 12.9. The second-order valence-electron chi connectivity index (χ2n) is 7.60. The van der Waals surface area contributed by atoms with Gasteiger partial charge in [-0.3, -0.25) is 9.48 Å². The van der Waals surface area contributed by atoms with E-state index in [0.29, 0.717) is 6.54 Å². The van der Waals surface area contributed by atoms with Crippen LogP contribution in [0.15, 0.2) is 36.7 Å². The van der Waals surface area contributed by atoms with Gasteiger partial charge in [-0.1, -0.05) is 49.1 Å². The van der Waals surface area contributed by atoms with Crippen LogP contribution in [-0.2, 0) is 17.3 Å². The molecule has 1 aliphatic carbocycles. The zero-order chi connectivity index (χ0) is 18.6. The van der Waals surface area contributed by atoms with Crippen LogP contribution in [0.25, 0.3) is 0 Å². The van der Waals surface area contributed by atoms with E-state index in [1.54, 1.807) is 10.9 Å². The molecule has 1 unspecified atom stereocenters. The first-order chi connectivity index (χ1) is 12.5. The third-order valence-corrected chi connectivity index (χ3v) is 5.65. The third-order valence-electron chi connectivity index (χ3n) is 5.65. The van der Waals surface area contributed by atoms with Crippen molar-refractivity contribution in [3.63, 3.8) is 0 Å². The van der Waals surface area contributed by atoms with E-state index in [4.69, 9.17) is 0 Å². The van der Waals surface area contributed by atoms with Gasteiger partial charge in [0.05, 0.1) is 6.20 Å². The maximum atomic E-state index is 12.9. The quantitative estimate of drug-likeness (QED) is 0.794. The van der Waals surface area contributed by atoms with Gasteiger partial charge in [0, 0.05) is 30.8 Å². The average molecular weight is 391 g/mol. The van der Waals surface area contributed by atoms with Crippen molar-refractivity contribution in [1.29, 1.82) is 0 Å². The monoisotopic (exact) mass is 390 g/mol. The van der Waals surface area contributed by atoms with E-state index in [-0.39, 0.29) is 29.8 Å². The predicted molar refractivity (Wildman–Crippen MR) is 111 cm³/mol. The van der Waals surface area contributed by atoms with Crippen molar-refractivity contribution in [2.45, 2.75) is 50.5 Å². The molecule has 148 valence electrons. The number of nitrogens with one attached hydrogen (secondary N) is 2. The zero-order valence-electron chi connectivity index (χ0n) is 16.5. The lowest BCUT2D eigenvalue weighted by molar-refractivity contribution is -0.123. The molecule has 0 aliphatic heterocycles. The lowest BCUT2D eigenvalue weighted by Gasteiger charge is -2.38. The van der Waals surface area contributed by atoms with Gasteiger partial charge in [0.1, 0.15) is 6.04 Å². The molecule has 1 aromatic heterocycles. The molecule has 2 aromatic rings. The largest absolute Gasteiger partial charge is 0.354 e. The fourth-order valence-electron chi connectivity index (χ4n) is 4.17. The van der Waals surface area contributed by atoms with Crippen molar-refractivity contribution in [2.24, 2.45) is 7.05 Å². The third kappa shape index (κ3) is 4.90. The molecule has 6 heteroatoms. The fraction of sp³-hybridized carbons (Fsp3) is 0.524. The number of aryl methyl sites for hydroxylation is 2. The van der Waals surface area contributed by atoms with Crippen LogP contribution in [0.4, 0.5) is 0 Å². The van der Waals surface area contributed by atoms with E-state index < -0.39 is 0 Å². The van der Waals surface area contributed by atoms with Crippen molar-refractivity contribution in [1.82, 2.24) is 20.4 Å². The van der Waals surface area contributed by atoms with Crippen LogP contribution < -0.4 is 10.6 Å². The van der Waals surface area contributed by atoms with Crippen LogP contribution >= 0.6 is 12.4 Å². The predicted octanol–water partition coefficient (Wildman–Crippen LogP) is 3.43. The summed E-state index contributed by atoms with van der Waals surface area (Å²) in [4.78, 5) is 12.9. The second kappa shape index (κ2) is 9.38. The number of amides is 1. The lowest BCUT2D eigenvalue weighted by atomic mass is 9.69. The number of nitrogens with zero attached hydrogens (tertiary/aromatic N) is 2. The highest BCUT2D eigenvalue weighted by atomic mass is 35.5. The molecule has 1 amide bonds. The van der Waals surface area contributed by atoms with Crippen LogP contribution in [-0.4, -0.2) is 29.3 Å². The molecule has 1 fully saturated rings. The molecule has 0 spiro atoms. The molecule has 1 aliphatic rings. The summed E-state index contributed by atoms with van der Waals surface area (Å²) in [5.41, 5.74) is 3.58. The van der Waals surface area contributed by atoms with E-state index in [0.717, 1.165) is 18.4 Å². The average Bonchev–Trinajstić information content (AvgIpc) is 3.07. The topological polar surface area (TPSA) is 59.0 Å². The van der Waals surface area contributed by atoms with Crippen LogP contribution in [0.2, 0.25) is 0 Å². The summed E-state index contributed by atoms with van der Waals surface area (Å²) in [6, 6.07) is 8.41. The number of hydrogen-bond donors (Lipinski definition) is 2. The van der Waals surface area contributed by atoms with Gasteiger partial charge in [0.15, 0.2) is 0 Å². The molecule has 0 bridgehead atoms. The Hall–Kier alpha value is -1.85. The Bertz CT molecular complexity index is 752. The highest BCUT2D eigenvalue weighted by molar-refractivity contribution is 5.85. The lowest BCUT2D eigenvalue weighted by Crippen LogP contribution is -2.45. The van der Waals surface area contributed by atoms with Gasteiger partial charge in [-0.2, -0.15) is 5.10 Å². The molecule has 1 heterocycles. The Kier molecular flexibility index (Phi) is 7.45. The minimum absolute atomic E-state index is 0. The number of likely N-dealkylation sites (N-methyl/N-ethyl adjacent to an activating group) is 1. The summed E-state index contributed by atoms with van der Waals surface area (Å²) in [6.07, 6.45) is 9.64. The summed E-state index contributed by atoms with van der Waals surface area (Å²) < 4.78 is 1.72. The molecule has 2 N–H and O–H groups in total. The standard InChI is InChI=1S/C21H30N4O.ClH/c1-16-8-7-9-18(12-16)21(10-5-4-6-11-21)15-23-20(26)19(22-2)17-13-24-25(3)14-17;/h7-9,12-14,19,22H,4-6,10-11,15H2,1-3H3,(H,23,26);1H. The Morgan fingerprint density at radius 3 is 2.63 bits per heavy atom. The number of aromatic nitrogens is 2. The van der Waals surface area contributed by atoms with Crippen molar-refractivity contribution < 1.29 is 4.79 Å². The molecular weight excluding hydrogens is 360 g/mol. The van der Waals surface area contributed by atoms with Crippen LogP contribution in [0.5, 0.6) is 0 Å². The fourth-order valence-corrected chi connectivity index (χ4v) is 4.17. The molecule has 1 aromatic carbocycles. The van der Waals surface area contributed by atoms with Gasteiger partial charge < -0.3 is 10.6 Å². The SMILES string of the molecule is CNC(C(=O)NCC1(c2cccc(C)c2)CCCCC1)c1cnn(C)c1.Cl. The molecular formula is C21H31ClN4O. The Morgan fingerprint density at radius 1 is 1.30 bits per heavy atom. The number of carbonyl (C=O) groups is 1. The molecule has 0 saturated heterocycles. The number of rotatable bonds is 6. The number of hydrogen-bond acceptors (Lipinski definition) is 3. The molecule has 1 atom stereocenters. The van der Waals surface area contributed by atoms with Gasteiger partial charge in [-0.05, 0) is 32.4 Å². The van der Waals surface area contributed by atoms with E-state index in [9.17, 15) is 4.79 Å². The first-order valence-electron chi connectivity index (χ1n) is 9.55. The van der Waals surface area contributed by atoms with Crippen LogP contribution in [0.3, 0.4) is 0 Å². The second-order valence-corrected chi connectivity index (χ2v) is 7.60. The van der Waals surface area contributed by atoms with Gasteiger partial charge in [-0.15, -0.1) is 12.4 Å². The molecule has 0 radical (unpaired) electrons. The normalized spacial score (nSPS) is 17.0. The van der Waals surface area contributed by atoms with E-state index in [1.807, 2.05) is 20.3 Å². The maximum Gasteiger partial charge on any atom is 0.241 e. The van der Waals surface area contributed by atoms with Gasteiger partial charge in [0.25, 0.3) is 0 Å². The van der Waals surface area contributed by atoms with Crippen LogP contribution in [0, 0.1) is 6.92 Å². The summed E-state index contributed by atoms with van der Waals surface area (Å²) >= 11 is 0. The van der Waals surface area contributed by atoms with Gasteiger partial charge >= 0.3 is 0 Å². The van der Waals surface area contributed by atoms with E-state index >= 15 is 0 Å². The first kappa shape index (κ1) is 21.5. The Labute approximate surface area is 168 Å². The van der Waals surface area contributed by atoms with Crippen molar-refractivity contribution in [2.75, 3.05) is 13.6 Å². The number of halogens is 1. The zero-order valence-corrected chi connectivity index (χ0v) is 17.3. The summed E-state index contributed by atoms with van der Waals surface area (Å²) in [6.45, 7) is 2.83. The molecule has 1 saturated carbocycles. The van der Waals surface area contributed by atoms with E-state index in [1.165, 1.54) is 30.4 Å². The van der Waals surface area contributed by atoms with Crippen LogP contribution in [0.1, 0.15) is 54.8 Å². The van der Waals surface area contributed by atoms with Crippen molar-refractivity contribution in [3.05, 3.63) is 53.3 Å². The smallest absolute Gasteiger partial charge is 0.241 e. The Balaban J connectivity index is 0.00000261. The van der Waals surface area contributed by atoms with Crippen molar-refractivity contribution in [3.8, 4) is 0 Å². The summed E-state index contributed by atoms with van der Waals surface area (Å²) in [5, 5.41) is 10.5. The van der Waals surface area contributed by atoms with E-state index in [2.05, 4.69) is 46.9 Å². The number of benzene rings is 1. The van der Waals surface area contributed by atoms with Gasteiger partial charge in [-0.25, -0.2) is 0 Å². The molecule has 3 rings (SSSR count). The summed E-state index contributed by atoms with van der Waals surface area (Å²) in [5.74, 6) is 0.0121. The summed E-state index contributed by atoms with van der Waals surface area (Å²) in [7, 11) is 3.68.